The molecule has 2 fully saturated rings. The van der Waals surface area contributed by atoms with E-state index in [1.165, 1.54) is 0 Å². The van der Waals surface area contributed by atoms with Crippen LogP contribution in [-0.4, -0.2) is 89.6 Å². The van der Waals surface area contributed by atoms with E-state index in [0.717, 1.165) is 60.9 Å². The summed E-state index contributed by atoms with van der Waals surface area (Å²) in [5, 5.41) is 5.93. The molecule has 0 bridgehead atoms. The van der Waals surface area contributed by atoms with Gasteiger partial charge in [0.15, 0.2) is 0 Å². The van der Waals surface area contributed by atoms with Crippen molar-refractivity contribution in [2.75, 3.05) is 53.1 Å². The van der Waals surface area contributed by atoms with Crippen LogP contribution in [0.4, 0.5) is 0 Å². The van der Waals surface area contributed by atoms with Gasteiger partial charge in [-0.2, -0.15) is 5.10 Å². The van der Waals surface area contributed by atoms with Gasteiger partial charge in [-0.15, -0.1) is 0 Å². The number of aryl methyl sites for hydroxylation is 1. The molecule has 2 aliphatic rings. The standard InChI is InChI=1S/C26H35N5O4/c1-17-12-23-21(24-22(25(32)28-23)14-27-31(24)19-6-11-35-16-19)13-20(17)26(33)30-9-8-29(18(2)15-30)7-4-5-10-34-3/h12-14,18-19H,4-11,15-16H2,1-3H3,(H,28,32)/t18-,19-/m0/s1. The molecule has 4 heterocycles. The van der Waals surface area contributed by atoms with E-state index < -0.39 is 0 Å². The Balaban J connectivity index is 1.43. The minimum absolute atomic E-state index is 0.0462. The molecule has 2 saturated heterocycles. The summed E-state index contributed by atoms with van der Waals surface area (Å²) in [5.74, 6) is 0.0462. The van der Waals surface area contributed by atoms with Gasteiger partial charge in [0.05, 0.1) is 35.3 Å². The van der Waals surface area contributed by atoms with Gasteiger partial charge in [-0.1, -0.05) is 0 Å². The van der Waals surface area contributed by atoms with Crippen LogP contribution in [-0.2, 0) is 9.47 Å². The van der Waals surface area contributed by atoms with E-state index in [1.807, 2.05) is 28.6 Å². The van der Waals surface area contributed by atoms with Crippen LogP contribution >= 0.6 is 0 Å². The first-order valence-electron chi connectivity index (χ1n) is 12.6. The van der Waals surface area contributed by atoms with Crippen molar-refractivity contribution in [3.63, 3.8) is 0 Å². The first-order valence-corrected chi connectivity index (χ1v) is 12.6. The molecule has 0 saturated carbocycles. The first kappa shape index (κ1) is 24.0. The summed E-state index contributed by atoms with van der Waals surface area (Å²) in [4.78, 5) is 33.8. The van der Waals surface area contributed by atoms with E-state index in [2.05, 4.69) is 21.9 Å². The molecule has 2 aromatic heterocycles. The van der Waals surface area contributed by atoms with E-state index >= 15 is 0 Å². The molecule has 0 unspecified atom stereocenters. The van der Waals surface area contributed by atoms with Crippen LogP contribution in [0.1, 0.15) is 48.1 Å². The number of hydrogen-bond donors (Lipinski definition) is 1. The molecule has 2 aliphatic heterocycles. The van der Waals surface area contributed by atoms with Gasteiger partial charge in [-0.25, -0.2) is 0 Å². The number of unbranched alkanes of at least 4 members (excludes halogenated alkanes) is 1. The number of nitrogens with one attached hydrogen (secondary N) is 1. The number of carbonyl (C=O) groups excluding carboxylic acids is 1. The Bertz CT molecular complexity index is 1280. The third kappa shape index (κ3) is 4.60. The molecular formula is C26H35N5O4. The number of carbonyl (C=O) groups is 1. The number of ether oxygens (including phenoxy) is 2. The molecule has 3 aromatic rings. The molecule has 1 N–H and O–H groups in total. The second kappa shape index (κ2) is 10.1. The van der Waals surface area contributed by atoms with Gasteiger partial charge in [0.25, 0.3) is 11.5 Å². The van der Waals surface area contributed by atoms with Gasteiger partial charge in [-0.3, -0.25) is 19.2 Å². The Kier molecular flexibility index (Phi) is 6.91. The van der Waals surface area contributed by atoms with Crippen molar-refractivity contribution >= 4 is 27.7 Å². The number of benzene rings is 1. The Morgan fingerprint density at radius 1 is 1.26 bits per heavy atom. The average molecular weight is 482 g/mol. The van der Waals surface area contributed by atoms with Crippen molar-refractivity contribution in [3.05, 3.63) is 39.8 Å². The highest BCUT2D eigenvalue weighted by Gasteiger charge is 2.29. The molecule has 0 radical (unpaired) electrons. The highest BCUT2D eigenvalue weighted by atomic mass is 16.5. The van der Waals surface area contributed by atoms with Gasteiger partial charge in [-0.05, 0) is 57.4 Å². The van der Waals surface area contributed by atoms with Crippen LogP contribution in [0.5, 0.6) is 0 Å². The number of piperazine rings is 1. The summed E-state index contributed by atoms with van der Waals surface area (Å²) >= 11 is 0. The van der Waals surface area contributed by atoms with E-state index in [0.29, 0.717) is 43.3 Å². The summed E-state index contributed by atoms with van der Waals surface area (Å²) in [7, 11) is 1.74. The molecule has 5 rings (SSSR count). The van der Waals surface area contributed by atoms with Crippen LogP contribution in [0, 0.1) is 6.92 Å². The molecule has 35 heavy (non-hydrogen) atoms. The molecule has 188 valence electrons. The number of aromatic nitrogens is 3. The largest absolute Gasteiger partial charge is 0.385 e. The van der Waals surface area contributed by atoms with Gasteiger partial charge in [0, 0.05) is 56.9 Å². The normalized spacial score (nSPS) is 21.4. The van der Waals surface area contributed by atoms with Gasteiger partial charge in [0.1, 0.15) is 0 Å². The monoisotopic (exact) mass is 481 g/mol. The average Bonchev–Trinajstić information content (AvgIpc) is 3.52. The topological polar surface area (TPSA) is 92.7 Å². The van der Waals surface area contributed by atoms with Crippen molar-refractivity contribution in [1.29, 1.82) is 0 Å². The number of rotatable bonds is 7. The fourth-order valence-electron chi connectivity index (χ4n) is 5.46. The van der Waals surface area contributed by atoms with Gasteiger partial charge < -0.3 is 19.4 Å². The zero-order chi connectivity index (χ0) is 24.5. The Morgan fingerprint density at radius 2 is 2.11 bits per heavy atom. The zero-order valence-corrected chi connectivity index (χ0v) is 20.9. The lowest BCUT2D eigenvalue weighted by Gasteiger charge is -2.40. The number of H-pyrrole nitrogens is 1. The molecule has 0 aliphatic carbocycles. The molecule has 9 heteroatoms. The van der Waals surface area contributed by atoms with Crippen molar-refractivity contribution in [2.45, 2.75) is 45.2 Å². The molecule has 2 atom stereocenters. The highest BCUT2D eigenvalue weighted by Crippen LogP contribution is 2.29. The molecule has 1 aromatic carbocycles. The van der Waals surface area contributed by atoms with Crippen molar-refractivity contribution in [2.24, 2.45) is 0 Å². The minimum atomic E-state index is -0.161. The highest BCUT2D eigenvalue weighted by molar-refractivity contribution is 6.07. The maximum Gasteiger partial charge on any atom is 0.259 e. The smallest absolute Gasteiger partial charge is 0.259 e. The van der Waals surface area contributed by atoms with Crippen LogP contribution in [0.15, 0.2) is 23.1 Å². The van der Waals surface area contributed by atoms with Crippen LogP contribution < -0.4 is 5.56 Å². The lowest BCUT2D eigenvalue weighted by atomic mass is 10.0. The Hall–Kier alpha value is -2.75. The van der Waals surface area contributed by atoms with Crippen LogP contribution in [0.3, 0.4) is 0 Å². The zero-order valence-electron chi connectivity index (χ0n) is 20.9. The van der Waals surface area contributed by atoms with E-state index in [1.54, 1.807) is 13.3 Å². The number of aromatic amines is 1. The van der Waals surface area contributed by atoms with E-state index in [4.69, 9.17) is 9.47 Å². The molecule has 1 amide bonds. The minimum Gasteiger partial charge on any atom is -0.385 e. The van der Waals surface area contributed by atoms with Crippen molar-refractivity contribution in [3.8, 4) is 0 Å². The van der Waals surface area contributed by atoms with E-state index in [9.17, 15) is 9.59 Å². The number of hydrogen-bond acceptors (Lipinski definition) is 6. The maximum atomic E-state index is 13.7. The Morgan fingerprint density at radius 3 is 2.86 bits per heavy atom. The third-order valence-electron chi connectivity index (χ3n) is 7.49. The van der Waals surface area contributed by atoms with Crippen molar-refractivity contribution in [1.82, 2.24) is 24.6 Å². The number of amides is 1. The summed E-state index contributed by atoms with van der Waals surface area (Å²) in [6.45, 7) is 9.51. The second-order valence-corrected chi connectivity index (χ2v) is 9.87. The van der Waals surface area contributed by atoms with Crippen molar-refractivity contribution < 1.29 is 14.3 Å². The summed E-state index contributed by atoms with van der Waals surface area (Å²) in [6, 6.07) is 4.27. The molecule has 9 nitrogen and oxygen atoms in total. The summed E-state index contributed by atoms with van der Waals surface area (Å²) in [5.41, 5.74) is 2.89. The number of methoxy groups -OCH3 is 1. The Labute approximate surface area is 205 Å². The number of pyridine rings is 1. The van der Waals surface area contributed by atoms with Crippen LogP contribution in [0.25, 0.3) is 21.8 Å². The fraction of sp³-hybridized carbons (Fsp3) is 0.577. The predicted octanol–water partition coefficient (Wildman–Crippen LogP) is 2.72. The number of nitrogens with zero attached hydrogens (tertiary/aromatic N) is 4. The fourth-order valence-corrected chi connectivity index (χ4v) is 5.46. The lowest BCUT2D eigenvalue weighted by molar-refractivity contribution is 0.0505. The maximum absolute atomic E-state index is 13.7. The number of fused-ring (bicyclic) bond motifs is 3. The predicted molar refractivity (Wildman–Crippen MR) is 135 cm³/mol. The first-order chi connectivity index (χ1) is 17.0. The quantitative estimate of drug-likeness (QED) is 0.522. The van der Waals surface area contributed by atoms with Crippen LogP contribution in [0.2, 0.25) is 0 Å². The van der Waals surface area contributed by atoms with Gasteiger partial charge in [0.2, 0.25) is 0 Å². The second-order valence-electron chi connectivity index (χ2n) is 9.87. The van der Waals surface area contributed by atoms with E-state index in [-0.39, 0.29) is 17.5 Å². The lowest BCUT2D eigenvalue weighted by Crippen LogP contribution is -2.53. The summed E-state index contributed by atoms with van der Waals surface area (Å²) in [6.07, 6.45) is 4.64. The molecular weight excluding hydrogens is 446 g/mol. The third-order valence-corrected chi connectivity index (χ3v) is 7.49. The molecule has 0 spiro atoms. The summed E-state index contributed by atoms with van der Waals surface area (Å²) < 4.78 is 12.6. The van der Waals surface area contributed by atoms with Gasteiger partial charge >= 0.3 is 0 Å². The SMILES string of the molecule is COCCCCN1CCN(C(=O)c2cc3c(cc2C)[nH]c(=O)c2cnn([C@H]4CCOC4)c23)C[C@@H]1C.